The Labute approximate surface area is 199 Å². The molecule has 1 atom stereocenters. The highest BCUT2D eigenvalue weighted by Crippen LogP contribution is 2.20. The molecule has 0 aromatic heterocycles. The van der Waals surface area contributed by atoms with E-state index in [0.717, 1.165) is 16.9 Å². The van der Waals surface area contributed by atoms with Crippen molar-refractivity contribution >= 4 is 11.8 Å². The van der Waals surface area contributed by atoms with Gasteiger partial charge in [0, 0.05) is 18.5 Å². The minimum absolute atomic E-state index is 0.0262. The number of aryl methyl sites for hydroxylation is 1. The molecule has 2 aromatic rings. The van der Waals surface area contributed by atoms with Crippen molar-refractivity contribution < 1.29 is 14.3 Å². The molecule has 0 saturated carbocycles. The summed E-state index contributed by atoms with van der Waals surface area (Å²) in [5, 5.41) is 3.05. The molecule has 0 aliphatic rings. The molecule has 2 rings (SSSR count). The number of nitrogens with one attached hydrogen (secondary N) is 1. The third-order valence-corrected chi connectivity index (χ3v) is 5.65. The first-order valence-electron chi connectivity index (χ1n) is 11.9. The first-order chi connectivity index (χ1) is 15.5. The molecule has 5 heteroatoms. The summed E-state index contributed by atoms with van der Waals surface area (Å²) in [5.74, 6) is 1.06. The summed E-state index contributed by atoms with van der Waals surface area (Å²) < 4.78 is 5.35. The predicted octanol–water partition coefficient (Wildman–Crippen LogP) is 5.47. The molecule has 2 aromatic carbocycles. The van der Waals surface area contributed by atoms with Crippen molar-refractivity contribution in [3.8, 4) is 5.75 Å². The smallest absolute Gasteiger partial charge is 0.243 e. The molecule has 0 spiro atoms. The molecule has 0 heterocycles. The maximum atomic E-state index is 13.4. The highest BCUT2D eigenvalue weighted by molar-refractivity contribution is 5.88. The van der Waals surface area contributed by atoms with Crippen molar-refractivity contribution in [3.63, 3.8) is 0 Å². The first-order valence-corrected chi connectivity index (χ1v) is 11.9. The number of ether oxygens (including phenoxy) is 1. The molecule has 0 saturated heterocycles. The van der Waals surface area contributed by atoms with Crippen molar-refractivity contribution in [2.24, 2.45) is 0 Å². The van der Waals surface area contributed by atoms with Crippen LogP contribution in [-0.2, 0) is 22.6 Å². The van der Waals surface area contributed by atoms with Gasteiger partial charge in [0.2, 0.25) is 11.8 Å². The molecule has 0 aliphatic carbocycles. The average Bonchev–Trinajstić information content (AvgIpc) is 2.76. The minimum Gasteiger partial charge on any atom is -0.497 e. The Kier molecular flexibility index (Phi) is 9.51. The zero-order valence-corrected chi connectivity index (χ0v) is 21.3. The van der Waals surface area contributed by atoms with Crippen LogP contribution in [0, 0.1) is 0 Å². The van der Waals surface area contributed by atoms with Crippen molar-refractivity contribution in [3.05, 3.63) is 65.2 Å². The van der Waals surface area contributed by atoms with Crippen LogP contribution in [0.4, 0.5) is 0 Å². The van der Waals surface area contributed by atoms with E-state index in [4.69, 9.17) is 4.74 Å². The van der Waals surface area contributed by atoms with Crippen LogP contribution >= 0.6 is 0 Å². The summed E-state index contributed by atoms with van der Waals surface area (Å²) in [5.41, 5.74) is 2.98. The number of hydrogen-bond acceptors (Lipinski definition) is 3. The van der Waals surface area contributed by atoms with Gasteiger partial charge in [-0.25, -0.2) is 0 Å². The van der Waals surface area contributed by atoms with Gasteiger partial charge in [0.15, 0.2) is 0 Å². The van der Waals surface area contributed by atoms with Gasteiger partial charge >= 0.3 is 0 Å². The number of benzene rings is 2. The number of amides is 2. The molecule has 1 N–H and O–H groups in total. The van der Waals surface area contributed by atoms with Crippen molar-refractivity contribution in [2.75, 3.05) is 7.11 Å². The fourth-order valence-corrected chi connectivity index (χ4v) is 3.80. The fourth-order valence-electron chi connectivity index (χ4n) is 3.80. The normalized spacial score (nSPS) is 12.4. The molecule has 5 nitrogen and oxygen atoms in total. The van der Waals surface area contributed by atoms with Gasteiger partial charge in [-0.1, -0.05) is 57.2 Å². The van der Waals surface area contributed by atoms with Crippen LogP contribution in [0.5, 0.6) is 5.75 Å². The molecule has 33 heavy (non-hydrogen) atoms. The second-order valence-corrected chi connectivity index (χ2v) is 9.93. The lowest BCUT2D eigenvalue weighted by Crippen LogP contribution is -2.53. The molecule has 180 valence electrons. The predicted molar refractivity (Wildman–Crippen MR) is 134 cm³/mol. The van der Waals surface area contributed by atoms with E-state index in [0.29, 0.717) is 31.7 Å². The Morgan fingerprint density at radius 2 is 1.70 bits per heavy atom. The lowest BCUT2D eigenvalue weighted by Gasteiger charge is -2.33. The van der Waals surface area contributed by atoms with Gasteiger partial charge in [0.25, 0.3) is 0 Å². The Morgan fingerprint density at radius 1 is 1.03 bits per heavy atom. The summed E-state index contributed by atoms with van der Waals surface area (Å²) in [7, 11) is 1.62. The van der Waals surface area contributed by atoms with E-state index in [1.54, 1.807) is 12.0 Å². The number of carbonyl (C=O) groups is 2. The van der Waals surface area contributed by atoms with E-state index >= 15 is 0 Å². The van der Waals surface area contributed by atoms with E-state index in [9.17, 15) is 9.59 Å². The summed E-state index contributed by atoms with van der Waals surface area (Å²) in [6, 6.07) is 15.6. The number of hydrogen-bond donors (Lipinski definition) is 1. The fraction of sp³-hybridized carbons (Fsp3) is 0.500. The SMILES string of the molecule is CC[C@H](C(=O)NC(C)(C)C)N(Cc1cccc(OC)c1)C(=O)CCc1ccc(C(C)C)cc1. The van der Waals surface area contributed by atoms with Crippen LogP contribution in [0.1, 0.15) is 77.0 Å². The third kappa shape index (κ3) is 8.23. The summed E-state index contributed by atoms with van der Waals surface area (Å²) >= 11 is 0. The van der Waals surface area contributed by atoms with E-state index in [2.05, 4.69) is 43.4 Å². The Morgan fingerprint density at radius 3 is 2.24 bits per heavy atom. The maximum absolute atomic E-state index is 13.4. The molecular weight excluding hydrogens is 412 g/mol. The van der Waals surface area contributed by atoms with Crippen LogP contribution in [0.3, 0.4) is 0 Å². The first kappa shape index (κ1) is 26.4. The summed E-state index contributed by atoms with van der Waals surface area (Å²) in [4.78, 5) is 28.3. The Hall–Kier alpha value is -2.82. The standard InChI is InChI=1S/C28H40N2O3/c1-8-25(27(32)29-28(4,5)6)30(19-22-10-9-11-24(18-22)33-7)26(31)17-14-21-12-15-23(16-13-21)20(2)3/h9-13,15-16,18,20,25H,8,14,17,19H2,1-7H3,(H,29,32)/t25-/m1/s1. The van der Waals surface area contributed by atoms with Crippen molar-refractivity contribution in [1.29, 1.82) is 0 Å². The van der Waals surface area contributed by atoms with Crippen LogP contribution < -0.4 is 10.1 Å². The highest BCUT2D eigenvalue weighted by atomic mass is 16.5. The van der Waals surface area contributed by atoms with Crippen LogP contribution in [0.15, 0.2) is 48.5 Å². The molecule has 2 amide bonds. The van der Waals surface area contributed by atoms with E-state index < -0.39 is 6.04 Å². The molecule has 0 bridgehead atoms. The second-order valence-electron chi connectivity index (χ2n) is 9.93. The lowest BCUT2D eigenvalue weighted by atomic mass is 10.00. The van der Waals surface area contributed by atoms with Gasteiger partial charge in [-0.3, -0.25) is 9.59 Å². The van der Waals surface area contributed by atoms with Gasteiger partial charge in [0.1, 0.15) is 11.8 Å². The van der Waals surface area contributed by atoms with Crippen molar-refractivity contribution in [1.82, 2.24) is 10.2 Å². The Balaban J connectivity index is 2.23. The number of carbonyl (C=O) groups excluding carboxylic acids is 2. The maximum Gasteiger partial charge on any atom is 0.243 e. The number of nitrogens with zero attached hydrogens (tertiary/aromatic N) is 1. The van der Waals surface area contributed by atoms with E-state index in [-0.39, 0.29) is 17.4 Å². The molecular formula is C28H40N2O3. The monoisotopic (exact) mass is 452 g/mol. The summed E-state index contributed by atoms with van der Waals surface area (Å²) in [6.45, 7) is 12.5. The number of rotatable bonds is 10. The van der Waals surface area contributed by atoms with Gasteiger partial charge < -0.3 is 15.0 Å². The quantitative estimate of drug-likeness (QED) is 0.520. The summed E-state index contributed by atoms with van der Waals surface area (Å²) in [6.07, 6.45) is 1.54. The van der Waals surface area contributed by atoms with E-state index in [1.807, 2.05) is 52.0 Å². The molecule has 0 radical (unpaired) electrons. The average molecular weight is 453 g/mol. The Bertz CT molecular complexity index is 913. The topological polar surface area (TPSA) is 58.6 Å². The van der Waals surface area contributed by atoms with Gasteiger partial charge in [-0.2, -0.15) is 0 Å². The second kappa shape index (κ2) is 11.9. The minimum atomic E-state index is -0.536. The van der Waals surface area contributed by atoms with E-state index in [1.165, 1.54) is 5.56 Å². The largest absolute Gasteiger partial charge is 0.497 e. The van der Waals surface area contributed by atoms with Crippen molar-refractivity contribution in [2.45, 2.75) is 84.8 Å². The highest BCUT2D eigenvalue weighted by Gasteiger charge is 2.30. The number of methoxy groups -OCH3 is 1. The zero-order chi connectivity index (χ0) is 24.6. The van der Waals surface area contributed by atoms with Gasteiger partial charge in [-0.15, -0.1) is 0 Å². The molecule has 0 aliphatic heterocycles. The van der Waals surface area contributed by atoms with Gasteiger partial charge in [0.05, 0.1) is 7.11 Å². The van der Waals surface area contributed by atoms with Crippen LogP contribution in [0.25, 0.3) is 0 Å². The van der Waals surface area contributed by atoms with Crippen LogP contribution in [0.2, 0.25) is 0 Å². The van der Waals surface area contributed by atoms with Gasteiger partial charge in [-0.05, 0) is 68.4 Å². The molecule has 0 unspecified atom stereocenters. The third-order valence-electron chi connectivity index (χ3n) is 5.65. The molecule has 0 fully saturated rings. The lowest BCUT2D eigenvalue weighted by molar-refractivity contribution is -0.142. The van der Waals surface area contributed by atoms with Crippen LogP contribution in [-0.4, -0.2) is 35.4 Å². The zero-order valence-electron chi connectivity index (χ0n) is 21.3.